The van der Waals surface area contributed by atoms with Crippen LogP contribution in [0, 0.1) is 6.92 Å². The number of benzene rings is 2. The van der Waals surface area contributed by atoms with Crippen molar-refractivity contribution >= 4 is 5.97 Å². The predicted molar refractivity (Wildman–Crippen MR) is 84.7 cm³/mol. The van der Waals surface area contributed by atoms with E-state index >= 15 is 0 Å². The first kappa shape index (κ1) is 13.9. The number of carbonyl (C=O) groups is 1. The van der Waals surface area contributed by atoms with E-state index in [1.807, 2.05) is 12.1 Å². The molecule has 1 aliphatic rings. The maximum absolute atomic E-state index is 11.5. The summed E-state index contributed by atoms with van der Waals surface area (Å²) in [7, 11) is 0. The molecule has 0 saturated heterocycles. The minimum atomic E-state index is -0.195. The van der Waals surface area contributed by atoms with Crippen LogP contribution in [0.25, 0.3) is 11.1 Å². The molecule has 2 aromatic carbocycles. The Hall–Kier alpha value is -2.09. The van der Waals surface area contributed by atoms with E-state index in [1.165, 1.54) is 27.8 Å². The van der Waals surface area contributed by atoms with Gasteiger partial charge < -0.3 is 4.74 Å². The molecule has 1 aliphatic carbocycles. The molecule has 3 rings (SSSR count). The zero-order valence-corrected chi connectivity index (χ0v) is 13.0. The monoisotopic (exact) mass is 280 g/mol. The Labute approximate surface area is 125 Å². The Kier molecular flexibility index (Phi) is 3.12. The maximum Gasteiger partial charge on any atom is 0.310 e. The van der Waals surface area contributed by atoms with Crippen LogP contribution >= 0.6 is 0 Å². The van der Waals surface area contributed by atoms with Crippen molar-refractivity contribution in [2.24, 2.45) is 0 Å². The second-order valence-corrected chi connectivity index (χ2v) is 6.21. The lowest BCUT2D eigenvalue weighted by Gasteiger charge is -2.22. The number of ether oxygens (including phenoxy) is 1. The summed E-state index contributed by atoms with van der Waals surface area (Å²) in [6, 6.07) is 12.6. The normalized spacial score (nSPS) is 14.5. The van der Waals surface area contributed by atoms with Gasteiger partial charge >= 0.3 is 5.97 Å². The summed E-state index contributed by atoms with van der Waals surface area (Å²) in [4.78, 5) is 11.5. The van der Waals surface area contributed by atoms with Crippen molar-refractivity contribution in [3.63, 3.8) is 0 Å². The fourth-order valence-electron chi connectivity index (χ4n) is 3.10. The van der Waals surface area contributed by atoms with Crippen molar-refractivity contribution in [3.05, 3.63) is 53.1 Å². The van der Waals surface area contributed by atoms with Gasteiger partial charge in [-0.2, -0.15) is 0 Å². The second-order valence-electron chi connectivity index (χ2n) is 6.21. The van der Waals surface area contributed by atoms with Gasteiger partial charge in [-0.3, -0.25) is 4.79 Å². The van der Waals surface area contributed by atoms with Gasteiger partial charge in [-0.15, -0.1) is 0 Å². The van der Waals surface area contributed by atoms with E-state index in [9.17, 15) is 4.79 Å². The molecule has 0 heterocycles. The molecule has 0 bridgehead atoms. The molecule has 0 saturated carbocycles. The first-order valence-corrected chi connectivity index (χ1v) is 7.40. The molecule has 0 aliphatic heterocycles. The van der Waals surface area contributed by atoms with Gasteiger partial charge in [-0.1, -0.05) is 50.6 Å². The molecule has 2 nitrogen and oxygen atoms in total. The molecule has 108 valence electrons. The molecule has 0 aromatic heterocycles. The summed E-state index contributed by atoms with van der Waals surface area (Å²) in [5, 5.41) is 0. The number of hydrogen-bond acceptors (Lipinski definition) is 2. The van der Waals surface area contributed by atoms with Gasteiger partial charge in [0.25, 0.3) is 0 Å². The van der Waals surface area contributed by atoms with Crippen LogP contribution in [0.3, 0.4) is 0 Å². The smallest absolute Gasteiger partial charge is 0.310 e. The van der Waals surface area contributed by atoms with Crippen LogP contribution in [0.1, 0.15) is 43.9 Å². The fourth-order valence-corrected chi connectivity index (χ4v) is 3.10. The van der Waals surface area contributed by atoms with Gasteiger partial charge in [-0.05, 0) is 41.3 Å². The molecule has 0 amide bonds. The summed E-state index contributed by atoms with van der Waals surface area (Å²) in [6.45, 7) is 8.37. The third-order valence-corrected chi connectivity index (χ3v) is 4.32. The van der Waals surface area contributed by atoms with Crippen molar-refractivity contribution in [3.8, 4) is 16.9 Å². The topological polar surface area (TPSA) is 26.3 Å². The second kappa shape index (κ2) is 4.73. The molecule has 0 spiro atoms. The highest BCUT2D eigenvalue weighted by atomic mass is 16.5. The first-order valence-electron chi connectivity index (χ1n) is 7.40. The van der Waals surface area contributed by atoms with E-state index in [2.05, 4.69) is 45.0 Å². The number of fused-ring (bicyclic) bond motifs is 3. The molecular weight excluding hydrogens is 260 g/mol. The molecule has 0 radical (unpaired) electrons. The van der Waals surface area contributed by atoms with Crippen molar-refractivity contribution in [2.75, 3.05) is 0 Å². The SMILES string of the molecule is CCC(=O)Oc1ccc2c(c1)C(C)(C)c1cc(C)ccc1-2. The van der Waals surface area contributed by atoms with Crippen molar-refractivity contribution in [2.45, 2.75) is 39.5 Å². The lowest BCUT2D eigenvalue weighted by atomic mass is 9.82. The van der Waals surface area contributed by atoms with Gasteiger partial charge in [0.2, 0.25) is 0 Å². The van der Waals surface area contributed by atoms with Crippen LogP contribution in [0.4, 0.5) is 0 Å². The number of esters is 1. The molecule has 0 fully saturated rings. The Morgan fingerprint density at radius 3 is 2.33 bits per heavy atom. The highest BCUT2D eigenvalue weighted by Crippen LogP contribution is 2.49. The van der Waals surface area contributed by atoms with Crippen LogP contribution in [-0.4, -0.2) is 5.97 Å². The van der Waals surface area contributed by atoms with Crippen LogP contribution in [0.2, 0.25) is 0 Å². The van der Waals surface area contributed by atoms with Crippen LogP contribution < -0.4 is 4.74 Å². The Bertz CT molecular complexity index is 726. The molecule has 2 aromatic rings. The van der Waals surface area contributed by atoms with E-state index < -0.39 is 0 Å². The molecule has 0 unspecified atom stereocenters. The van der Waals surface area contributed by atoms with E-state index in [4.69, 9.17) is 4.74 Å². The predicted octanol–water partition coefficient (Wildman–Crippen LogP) is 4.62. The standard InChI is InChI=1S/C19H20O2/c1-5-18(20)21-13-7-9-15-14-8-6-12(2)10-16(14)19(3,4)17(15)11-13/h6-11H,5H2,1-4H3. The highest BCUT2D eigenvalue weighted by molar-refractivity contribution is 5.82. The summed E-state index contributed by atoms with van der Waals surface area (Å²) in [6.07, 6.45) is 0.389. The number of aryl methyl sites for hydroxylation is 1. The number of hydrogen-bond donors (Lipinski definition) is 0. The average molecular weight is 280 g/mol. The van der Waals surface area contributed by atoms with Crippen LogP contribution in [-0.2, 0) is 10.2 Å². The largest absolute Gasteiger partial charge is 0.427 e. The maximum atomic E-state index is 11.5. The zero-order valence-electron chi connectivity index (χ0n) is 13.0. The number of rotatable bonds is 2. The molecule has 0 N–H and O–H groups in total. The molecular formula is C19H20O2. The van der Waals surface area contributed by atoms with Crippen molar-refractivity contribution in [1.82, 2.24) is 0 Å². The van der Waals surface area contributed by atoms with E-state index in [1.54, 1.807) is 6.92 Å². The molecule has 21 heavy (non-hydrogen) atoms. The Morgan fingerprint density at radius 1 is 1.05 bits per heavy atom. The third-order valence-electron chi connectivity index (χ3n) is 4.32. The van der Waals surface area contributed by atoms with Gasteiger partial charge in [0.05, 0.1) is 0 Å². The fraction of sp³-hybridized carbons (Fsp3) is 0.316. The van der Waals surface area contributed by atoms with Gasteiger partial charge in [0, 0.05) is 11.8 Å². The van der Waals surface area contributed by atoms with Gasteiger partial charge in [0.15, 0.2) is 0 Å². The summed E-state index contributed by atoms with van der Waals surface area (Å²) in [5.74, 6) is 0.442. The molecule has 2 heteroatoms. The minimum Gasteiger partial charge on any atom is -0.427 e. The van der Waals surface area contributed by atoms with Crippen LogP contribution in [0.15, 0.2) is 36.4 Å². The van der Waals surface area contributed by atoms with Crippen molar-refractivity contribution < 1.29 is 9.53 Å². The van der Waals surface area contributed by atoms with Crippen LogP contribution in [0.5, 0.6) is 5.75 Å². The highest BCUT2D eigenvalue weighted by Gasteiger charge is 2.35. The average Bonchev–Trinajstić information content (AvgIpc) is 2.67. The summed E-state index contributed by atoms with van der Waals surface area (Å²) < 4.78 is 5.37. The van der Waals surface area contributed by atoms with Crippen molar-refractivity contribution in [1.29, 1.82) is 0 Å². The quantitative estimate of drug-likeness (QED) is 0.593. The Morgan fingerprint density at radius 2 is 1.67 bits per heavy atom. The number of carbonyl (C=O) groups excluding carboxylic acids is 1. The minimum absolute atomic E-state index is 0.0642. The van der Waals surface area contributed by atoms with Gasteiger partial charge in [0.1, 0.15) is 5.75 Å². The summed E-state index contributed by atoms with van der Waals surface area (Å²) >= 11 is 0. The van der Waals surface area contributed by atoms with E-state index in [0.29, 0.717) is 12.2 Å². The lowest BCUT2D eigenvalue weighted by molar-refractivity contribution is -0.134. The summed E-state index contributed by atoms with van der Waals surface area (Å²) in [5.41, 5.74) is 6.30. The third kappa shape index (κ3) is 2.15. The first-order chi connectivity index (χ1) is 9.93. The lowest BCUT2D eigenvalue weighted by Crippen LogP contribution is -2.15. The zero-order chi connectivity index (χ0) is 15.2. The van der Waals surface area contributed by atoms with Gasteiger partial charge in [-0.25, -0.2) is 0 Å². The van der Waals surface area contributed by atoms with E-state index in [-0.39, 0.29) is 11.4 Å². The molecule has 0 atom stereocenters. The van der Waals surface area contributed by atoms with E-state index in [0.717, 1.165) is 0 Å². The Balaban J connectivity index is 2.11.